The third-order valence-corrected chi connectivity index (χ3v) is 3.58. The van der Waals surface area contributed by atoms with Gasteiger partial charge in [0.25, 0.3) is 0 Å². The number of aliphatic hydroxyl groups is 1. The molecule has 0 bridgehead atoms. The first-order valence-electron chi connectivity index (χ1n) is 6.55. The van der Waals surface area contributed by atoms with Gasteiger partial charge in [0, 0.05) is 17.6 Å². The largest absolute Gasteiger partial charge is 0.399 e. The molecular formula is C14H18BrN5O. The number of aromatic nitrogens is 2. The molecule has 6 nitrogen and oxygen atoms in total. The zero-order valence-corrected chi connectivity index (χ0v) is 13.4. The molecule has 2 rings (SSSR count). The quantitative estimate of drug-likeness (QED) is 0.618. The highest BCUT2D eigenvalue weighted by Gasteiger charge is 2.12. The number of anilines is 4. The SMILES string of the molecule is C[C@@H](O)[C@@H](C)Nc1nc(Nc2ccc(N)cc2)ncc1Br. The van der Waals surface area contributed by atoms with Crippen LogP contribution in [0.1, 0.15) is 13.8 Å². The molecule has 0 saturated carbocycles. The second-order valence-electron chi connectivity index (χ2n) is 4.81. The number of nitrogens with one attached hydrogen (secondary N) is 2. The van der Waals surface area contributed by atoms with Crippen LogP contribution in [0.5, 0.6) is 0 Å². The molecule has 5 N–H and O–H groups in total. The van der Waals surface area contributed by atoms with Gasteiger partial charge < -0.3 is 21.5 Å². The van der Waals surface area contributed by atoms with Crippen molar-refractivity contribution in [1.29, 1.82) is 0 Å². The lowest BCUT2D eigenvalue weighted by Gasteiger charge is -2.18. The van der Waals surface area contributed by atoms with Crippen LogP contribution in [0.15, 0.2) is 34.9 Å². The molecule has 0 saturated heterocycles. The van der Waals surface area contributed by atoms with E-state index in [4.69, 9.17) is 5.73 Å². The van der Waals surface area contributed by atoms with Gasteiger partial charge in [0.15, 0.2) is 0 Å². The highest BCUT2D eigenvalue weighted by Crippen LogP contribution is 2.23. The normalized spacial score (nSPS) is 13.5. The van der Waals surface area contributed by atoms with E-state index in [-0.39, 0.29) is 6.04 Å². The molecule has 0 fully saturated rings. The number of hydrogen-bond donors (Lipinski definition) is 4. The molecule has 0 radical (unpaired) electrons. The molecule has 0 aliphatic heterocycles. The van der Waals surface area contributed by atoms with Gasteiger partial charge in [-0.15, -0.1) is 0 Å². The van der Waals surface area contributed by atoms with E-state index in [1.165, 1.54) is 0 Å². The summed E-state index contributed by atoms with van der Waals surface area (Å²) >= 11 is 3.39. The van der Waals surface area contributed by atoms with Crippen LogP contribution in [0.25, 0.3) is 0 Å². The number of hydrogen-bond acceptors (Lipinski definition) is 6. The predicted molar refractivity (Wildman–Crippen MR) is 88.6 cm³/mol. The number of rotatable bonds is 5. The average molecular weight is 352 g/mol. The van der Waals surface area contributed by atoms with Gasteiger partial charge in [-0.25, -0.2) is 4.98 Å². The van der Waals surface area contributed by atoms with Crippen LogP contribution in [0.3, 0.4) is 0 Å². The van der Waals surface area contributed by atoms with Gasteiger partial charge in [-0.3, -0.25) is 0 Å². The summed E-state index contributed by atoms with van der Waals surface area (Å²) in [6, 6.07) is 7.19. The smallest absolute Gasteiger partial charge is 0.229 e. The van der Waals surface area contributed by atoms with Gasteiger partial charge in [-0.05, 0) is 54.0 Å². The lowest BCUT2D eigenvalue weighted by atomic mass is 10.2. The van der Waals surface area contributed by atoms with Crippen LogP contribution >= 0.6 is 15.9 Å². The zero-order valence-electron chi connectivity index (χ0n) is 11.8. The molecule has 7 heteroatoms. The summed E-state index contributed by atoms with van der Waals surface area (Å²) in [5.41, 5.74) is 7.20. The van der Waals surface area contributed by atoms with Gasteiger partial charge in [0.1, 0.15) is 5.82 Å². The fourth-order valence-electron chi connectivity index (χ4n) is 1.56. The third-order valence-electron chi connectivity index (χ3n) is 3.00. The molecule has 21 heavy (non-hydrogen) atoms. The lowest BCUT2D eigenvalue weighted by molar-refractivity contribution is 0.177. The number of aliphatic hydroxyl groups excluding tert-OH is 1. The molecule has 0 unspecified atom stereocenters. The molecular weight excluding hydrogens is 334 g/mol. The van der Waals surface area contributed by atoms with Crippen molar-refractivity contribution in [2.75, 3.05) is 16.4 Å². The van der Waals surface area contributed by atoms with Gasteiger partial charge in [-0.2, -0.15) is 4.98 Å². The molecule has 2 atom stereocenters. The van der Waals surface area contributed by atoms with Gasteiger partial charge in [0.05, 0.1) is 16.6 Å². The van der Waals surface area contributed by atoms with Crippen LogP contribution < -0.4 is 16.4 Å². The minimum absolute atomic E-state index is 0.124. The van der Waals surface area contributed by atoms with E-state index in [1.54, 1.807) is 25.3 Å². The molecule has 1 aromatic carbocycles. The Morgan fingerprint density at radius 2 is 1.90 bits per heavy atom. The zero-order chi connectivity index (χ0) is 15.4. The van der Waals surface area contributed by atoms with Crippen molar-refractivity contribution in [1.82, 2.24) is 9.97 Å². The monoisotopic (exact) mass is 351 g/mol. The van der Waals surface area contributed by atoms with Crippen molar-refractivity contribution in [3.8, 4) is 0 Å². The summed E-state index contributed by atoms with van der Waals surface area (Å²) in [7, 11) is 0. The van der Waals surface area contributed by atoms with Crippen molar-refractivity contribution >= 4 is 39.1 Å². The van der Waals surface area contributed by atoms with Crippen molar-refractivity contribution in [2.45, 2.75) is 26.0 Å². The molecule has 0 aliphatic rings. The Labute approximate surface area is 131 Å². The fraction of sp³-hybridized carbons (Fsp3) is 0.286. The maximum absolute atomic E-state index is 9.55. The Morgan fingerprint density at radius 1 is 1.24 bits per heavy atom. The lowest BCUT2D eigenvalue weighted by Crippen LogP contribution is -2.28. The van der Waals surface area contributed by atoms with Crippen molar-refractivity contribution in [3.63, 3.8) is 0 Å². The van der Waals surface area contributed by atoms with E-state index in [2.05, 4.69) is 36.5 Å². The van der Waals surface area contributed by atoms with Gasteiger partial charge in [-0.1, -0.05) is 0 Å². The Morgan fingerprint density at radius 3 is 2.52 bits per heavy atom. The second-order valence-corrected chi connectivity index (χ2v) is 5.67. The third kappa shape index (κ3) is 4.30. The van der Waals surface area contributed by atoms with Crippen LogP contribution in [0.2, 0.25) is 0 Å². The summed E-state index contributed by atoms with van der Waals surface area (Å²) in [4.78, 5) is 8.60. The number of halogens is 1. The molecule has 112 valence electrons. The van der Waals surface area contributed by atoms with Crippen LogP contribution in [-0.2, 0) is 0 Å². The van der Waals surface area contributed by atoms with E-state index in [0.29, 0.717) is 17.5 Å². The first-order chi connectivity index (χ1) is 9.95. The highest BCUT2D eigenvalue weighted by atomic mass is 79.9. The van der Waals surface area contributed by atoms with E-state index in [0.717, 1.165) is 10.2 Å². The molecule has 0 amide bonds. The molecule has 1 aromatic heterocycles. The van der Waals surface area contributed by atoms with E-state index in [9.17, 15) is 5.11 Å². The number of nitrogen functional groups attached to an aromatic ring is 1. The fourth-order valence-corrected chi connectivity index (χ4v) is 1.87. The van der Waals surface area contributed by atoms with E-state index in [1.807, 2.05) is 19.1 Å². The summed E-state index contributed by atoms with van der Waals surface area (Å²) in [6.45, 7) is 3.60. The second kappa shape index (κ2) is 6.73. The molecule has 1 heterocycles. The average Bonchev–Trinajstić information content (AvgIpc) is 2.45. The molecule has 2 aromatic rings. The minimum Gasteiger partial charge on any atom is -0.399 e. The van der Waals surface area contributed by atoms with Crippen molar-refractivity contribution < 1.29 is 5.11 Å². The Balaban J connectivity index is 2.16. The highest BCUT2D eigenvalue weighted by molar-refractivity contribution is 9.10. The number of nitrogens with zero attached hydrogens (tertiary/aromatic N) is 2. The summed E-state index contributed by atoms with van der Waals surface area (Å²) in [5, 5.41) is 15.8. The van der Waals surface area contributed by atoms with E-state index < -0.39 is 6.10 Å². The van der Waals surface area contributed by atoms with Gasteiger partial charge in [0.2, 0.25) is 5.95 Å². The summed E-state index contributed by atoms with van der Waals surface area (Å²) < 4.78 is 0.734. The predicted octanol–water partition coefficient (Wildman–Crippen LogP) is 2.75. The van der Waals surface area contributed by atoms with Crippen molar-refractivity contribution in [2.24, 2.45) is 0 Å². The number of nitrogens with two attached hydrogens (primary N) is 1. The Hall–Kier alpha value is -1.86. The topological polar surface area (TPSA) is 96.1 Å². The van der Waals surface area contributed by atoms with Crippen LogP contribution in [-0.4, -0.2) is 27.2 Å². The first kappa shape index (κ1) is 15.5. The van der Waals surface area contributed by atoms with Crippen LogP contribution in [0, 0.1) is 0 Å². The minimum atomic E-state index is -0.486. The van der Waals surface area contributed by atoms with Crippen LogP contribution in [0.4, 0.5) is 23.1 Å². The summed E-state index contributed by atoms with van der Waals surface area (Å²) in [5.74, 6) is 1.08. The maximum Gasteiger partial charge on any atom is 0.229 e. The van der Waals surface area contributed by atoms with Gasteiger partial charge >= 0.3 is 0 Å². The molecule has 0 aliphatic carbocycles. The van der Waals surface area contributed by atoms with Crippen molar-refractivity contribution in [3.05, 3.63) is 34.9 Å². The number of benzene rings is 1. The first-order valence-corrected chi connectivity index (χ1v) is 7.34. The summed E-state index contributed by atoms with van der Waals surface area (Å²) in [6.07, 6.45) is 1.17. The Kier molecular flexibility index (Phi) is 4.98. The standard InChI is InChI=1S/C14H18BrN5O/c1-8(9(2)21)18-13-12(15)7-17-14(20-13)19-11-5-3-10(16)4-6-11/h3-9,21H,16H2,1-2H3,(H2,17,18,19,20)/t8-,9-/m1/s1. The molecule has 0 spiro atoms. The maximum atomic E-state index is 9.55. The Bertz CT molecular complexity index is 603. The van der Waals surface area contributed by atoms with E-state index >= 15 is 0 Å².